The molecule has 1 amide bonds. The van der Waals surface area contributed by atoms with Crippen LogP contribution in [0.5, 0.6) is 0 Å². The van der Waals surface area contributed by atoms with Crippen molar-refractivity contribution in [1.29, 1.82) is 0 Å². The molecule has 0 bridgehead atoms. The van der Waals surface area contributed by atoms with Gasteiger partial charge >= 0.3 is 5.97 Å². The molecule has 9 heteroatoms. The van der Waals surface area contributed by atoms with Crippen molar-refractivity contribution in [3.05, 3.63) is 124 Å². The summed E-state index contributed by atoms with van der Waals surface area (Å²) in [7, 11) is 0. The Bertz CT molecular complexity index is 1680. The zero-order chi connectivity index (χ0) is 28.9. The predicted octanol–water partition coefficient (Wildman–Crippen LogP) is 7.58. The number of carbonyl (C=O) groups is 2. The molecule has 1 heterocycles. The number of nitrogens with one attached hydrogen (secondary N) is 1. The summed E-state index contributed by atoms with van der Waals surface area (Å²) in [6.45, 7) is 0.479. The number of carboxylic acids is 1. The third kappa shape index (κ3) is 7.01. The molecule has 6 nitrogen and oxygen atoms in total. The highest BCUT2D eigenvalue weighted by Gasteiger charge is 2.14. The van der Waals surface area contributed by atoms with Gasteiger partial charge < -0.3 is 10.4 Å². The lowest BCUT2D eigenvalue weighted by Gasteiger charge is -2.10. The number of carboxylic acid groups (broad SMARTS) is 1. The van der Waals surface area contributed by atoms with Crippen molar-refractivity contribution >= 4 is 35.1 Å². The van der Waals surface area contributed by atoms with Crippen LogP contribution in [-0.2, 0) is 11.3 Å². The number of amides is 1. The predicted molar refractivity (Wildman–Crippen MR) is 159 cm³/mol. The van der Waals surface area contributed by atoms with Gasteiger partial charge in [-0.3, -0.25) is 14.3 Å². The van der Waals surface area contributed by atoms with Crippen LogP contribution in [0, 0.1) is 5.82 Å². The van der Waals surface area contributed by atoms with E-state index in [1.54, 1.807) is 42.5 Å². The van der Waals surface area contributed by atoms with Crippen molar-refractivity contribution in [2.24, 2.45) is 0 Å². The summed E-state index contributed by atoms with van der Waals surface area (Å²) in [5.74, 6) is -1.59. The maximum Gasteiger partial charge on any atom is 0.305 e. The van der Waals surface area contributed by atoms with E-state index in [4.69, 9.17) is 33.4 Å². The first-order chi connectivity index (χ1) is 19.7. The topological polar surface area (TPSA) is 84.2 Å². The van der Waals surface area contributed by atoms with Gasteiger partial charge in [0, 0.05) is 27.7 Å². The molecule has 0 saturated carbocycles. The van der Waals surface area contributed by atoms with E-state index in [-0.39, 0.29) is 24.7 Å². The van der Waals surface area contributed by atoms with Crippen LogP contribution in [0.1, 0.15) is 22.3 Å². The van der Waals surface area contributed by atoms with E-state index >= 15 is 0 Å². The van der Waals surface area contributed by atoms with E-state index in [0.29, 0.717) is 27.8 Å². The molecule has 0 unspecified atom stereocenters. The molecule has 5 aromatic rings. The highest BCUT2D eigenvalue weighted by Crippen LogP contribution is 2.32. The molecule has 0 aliphatic carbocycles. The quantitative estimate of drug-likeness (QED) is 0.186. The summed E-state index contributed by atoms with van der Waals surface area (Å²) in [4.78, 5) is 23.0. The summed E-state index contributed by atoms with van der Waals surface area (Å²) < 4.78 is 15.2. The van der Waals surface area contributed by atoms with Crippen LogP contribution in [0.25, 0.3) is 33.6 Å². The Morgan fingerprint density at radius 3 is 1.98 bits per heavy atom. The van der Waals surface area contributed by atoms with Gasteiger partial charge in [0.2, 0.25) is 0 Å². The highest BCUT2D eigenvalue weighted by molar-refractivity contribution is 6.35. The molecule has 206 valence electrons. The van der Waals surface area contributed by atoms with Gasteiger partial charge in [0.15, 0.2) is 0 Å². The maximum atomic E-state index is 13.4. The first kappa shape index (κ1) is 28.1. The second-order valence-electron chi connectivity index (χ2n) is 9.41. The minimum atomic E-state index is -0.972. The van der Waals surface area contributed by atoms with Gasteiger partial charge in [-0.05, 0) is 70.8 Å². The molecule has 0 atom stereocenters. The van der Waals surface area contributed by atoms with E-state index in [1.165, 1.54) is 12.1 Å². The van der Waals surface area contributed by atoms with E-state index in [2.05, 4.69) is 5.32 Å². The molecule has 1 aromatic heterocycles. The second kappa shape index (κ2) is 12.4. The molecule has 4 aromatic carbocycles. The zero-order valence-corrected chi connectivity index (χ0v) is 23.2. The van der Waals surface area contributed by atoms with E-state index in [9.17, 15) is 14.0 Å². The number of nitrogens with zero attached hydrogens (tertiary/aromatic N) is 2. The normalized spacial score (nSPS) is 10.9. The van der Waals surface area contributed by atoms with Gasteiger partial charge in [-0.2, -0.15) is 5.10 Å². The molecule has 0 fully saturated rings. The lowest BCUT2D eigenvalue weighted by Crippen LogP contribution is -2.25. The average Bonchev–Trinajstić information content (AvgIpc) is 3.37. The van der Waals surface area contributed by atoms with Crippen LogP contribution >= 0.6 is 23.2 Å². The Morgan fingerprint density at radius 2 is 1.37 bits per heavy atom. The number of benzene rings is 4. The molecule has 0 aliphatic rings. The van der Waals surface area contributed by atoms with Gasteiger partial charge in [-0.25, -0.2) is 4.39 Å². The largest absolute Gasteiger partial charge is 0.481 e. The molecule has 41 heavy (non-hydrogen) atoms. The number of rotatable bonds is 9. The summed E-state index contributed by atoms with van der Waals surface area (Å²) in [5.41, 5.74) is 6.47. The second-order valence-corrected chi connectivity index (χ2v) is 10.3. The van der Waals surface area contributed by atoms with Crippen LogP contribution in [0.15, 0.2) is 97.1 Å². The van der Waals surface area contributed by atoms with Crippen LogP contribution in [0.2, 0.25) is 10.0 Å². The standard InChI is InChI=1S/C32H24Cl2FN3O3/c33-26-15-25(16-27(34)17-26)29-18-30(23-7-5-21(6-8-23)22-9-11-28(35)12-10-22)38(37-29)19-20-1-3-24(4-2-20)32(41)36-14-13-31(39)40/h1-12,15-18H,13-14,19H2,(H,36,41)(H,39,40). The Labute approximate surface area is 246 Å². The molecular formula is C32H24Cl2FN3O3. The Hall–Kier alpha value is -4.46. The van der Waals surface area contributed by atoms with Crippen LogP contribution in [-0.4, -0.2) is 33.3 Å². The van der Waals surface area contributed by atoms with Crippen LogP contribution < -0.4 is 5.32 Å². The highest BCUT2D eigenvalue weighted by atomic mass is 35.5. The first-order valence-electron chi connectivity index (χ1n) is 12.7. The third-order valence-corrected chi connectivity index (χ3v) is 6.91. The van der Waals surface area contributed by atoms with Gasteiger partial charge in [-0.1, -0.05) is 71.7 Å². The van der Waals surface area contributed by atoms with Gasteiger partial charge in [0.05, 0.1) is 24.4 Å². The minimum absolute atomic E-state index is 0.0583. The average molecular weight is 588 g/mol. The fourth-order valence-corrected chi connectivity index (χ4v) is 4.93. The monoisotopic (exact) mass is 587 g/mol. The van der Waals surface area contributed by atoms with Gasteiger partial charge in [0.1, 0.15) is 5.82 Å². The molecule has 0 aliphatic heterocycles. The summed E-state index contributed by atoms with van der Waals surface area (Å²) in [5, 5.41) is 17.2. The van der Waals surface area contributed by atoms with Crippen LogP contribution in [0.3, 0.4) is 0 Å². The third-order valence-electron chi connectivity index (χ3n) is 6.47. The number of aliphatic carboxylic acids is 1. The summed E-state index contributed by atoms with van der Waals surface area (Å²) in [6.07, 6.45) is -0.142. The zero-order valence-electron chi connectivity index (χ0n) is 21.7. The Morgan fingerprint density at radius 1 is 0.780 bits per heavy atom. The SMILES string of the molecule is O=C(O)CCNC(=O)c1ccc(Cn2nc(-c3cc(Cl)cc(Cl)c3)cc2-c2ccc(-c3ccc(F)cc3)cc2)cc1. The van der Waals surface area contributed by atoms with Crippen molar-refractivity contribution in [3.8, 4) is 33.6 Å². The number of carbonyl (C=O) groups excluding carboxylic acids is 1. The number of aromatic nitrogens is 2. The Balaban J connectivity index is 1.44. The van der Waals surface area contributed by atoms with E-state index in [0.717, 1.165) is 33.5 Å². The molecule has 0 saturated heterocycles. The smallest absolute Gasteiger partial charge is 0.305 e. The fourth-order valence-electron chi connectivity index (χ4n) is 4.41. The summed E-state index contributed by atoms with van der Waals surface area (Å²) in [6, 6.07) is 28.6. The summed E-state index contributed by atoms with van der Waals surface area (Å²) >= 11 is 12.5. The number of hydrogen-bond donors (Lipinski definition) is 2. The number of hydrogen-bond acceptors (Lipinski definition) is 3. The van der Waals surface area contributed by atoms with Crippen molar-refractivity contribution < 1.29 is 19.1 Å². The molecule has 0 spiro atoms. The minimum Gasteiger partial charge on any atom is -0.481 e. The fraction of sp³-hybridized carbons (Fsp3) is 0.0938. The first-order valence-corrected chi connectivity index (χ1v) is 13.5. The van der Waals surface area contributed by atoms with Gasteiger partial charge in [0.25, 0.3) is 5.91 Å². The van der Waals surface area contributed by atoms with Crippen LogP contribution in [0.4, 0.5) is 4.39 Å². The van der Waals surface area contributed by atoms with Crippen molar-refractivity contribution in [1.82, 2.24) is 15.1 Å². The Kier molecular flexibility index (Phi) is 8.47. The molecular weight excluding hydrogens is 564 g/mol. The van der Waals surface area contributed by atoms with Gasteiger partial charge in [-0.15, -0.1) is 0 Å². The molecule has 2 N–H and O–H groups in total. The van der Waals surface area contributed by atoms with E-state index < -0.39 is 5.97 Å². The lowest BCUT2D eigenvalue weighted by atomic mass is 10.0. The number of halogens is 3. The molecule has 5 rings (SSSR count). The molecule has 0 radical (unpaired) electrons. The lowest BCUT2D eigenvalue weighted by molar-refractivity contribution is -0.136. The van der Waals surface area contributed by atoms with Crippen molar-refractivity contribution in [2.75, 3.05) is 6.54 Å². The van der Waals surface area contributed by atoms with Crippen molar-refractivity contribution in [3.63, 3.8) is 0 Å². The van der Waals surface area contributed by atoms with Crippen molar-refractivity contribution in [2.45, 2.75) is 13.0 Å². The van der Waals surface area contributed by atoms with E-state index in [1.807, 2.05) is 47.1 Å². The maximum absolute atomic E-state index is 13.4.